The molecule has 1 aliphatic heterocycles. The molecule has 0 saturated carbocycles. The number of carbonyl (C=O) groups is 1. The lowest BCUT2D eigenvalue weighted by atomic mass is 10.2. The number of amides is 1. The summed E-state index contributed by atoms with van der Waals surface area (Å²) in [5.41, 5.74) is 1.87. The monoisotopic (exact) mass is 359 g/mol. The summed E-state index contributed by atoms with van der Waals surface area (Å²) in [5.74, 6) is 0.201. The lowest BCUT2D eigenvalue weighted by Gasteiger charge is -2.12. The maximum absolute atomic E-state index is 12.1. The second-order valence-electron chi connectivity index (χ2n) is 6.21. The van der Waals surface area contributed by atoms with Gasteiger partial charge >= 0.3 is 5.69 Å². The van der Waals surface area contributed by atoms with Gasteiger partial charge in [-0.1, -0.05) is 12.1 Å². The van der Waals surface area contributed by atoms with Crippen LogP contribution in [0.1, 0.15) is 24.1 Å². The minimum absolute atomic E-state index is 0.0321. The molecule has 3 rings (SSSR count). The first kappa shape index (κ1) is 17.9. The van der Waals surface area contributed by atoms with E-state index in [1.165, 1.54) is 4.68 Å². The second-order valence-corrected chi connectivity index (χ2v) is 6.21. The number of nitrogens with zero attached hydrogens (tertiary/aromatic N) is 3. The Morgan fingerprint density at radius 1 is 1.50 bits per heavy atom. The van der Waals surface area contributed by atoms with Gasteiger partial charge in [0.25, 0.3) is 5.91 Å². The van der Waals surface area contributed by atoms with Crippen molar-refractivity contribution in [2.45, 2.75) is 32.4 Å². The van der Waals surface area contributed by atoms with E-state index in [4.69, 9.17) is 4.74 Å². The normalized spacial score (nSPS) is 16.5. The van der Waals surface area contributed by atoms with Crippen molar-refractivity contribution in [3.05, 3.63) is 45.6 Å². The molecule has 9 nitrogen and oxygen atoms in total. The summed E-state index contributed by atoms with van der Waals surface area (Å²) in [5, 5.41) is 21.2. The zero-order valence-corrected chi connectivity index (χ0v) is 14.7. The van der Waals surface area contributed by atoms with Gasteiger partial charge in [-0.15, -0.1) is 0 Å². The molecule has 2 N–H and O–H groups in total. The van der Waals surface area contributed by atoms with Gasteiger partial charge in [0.05, 0.1) is 4.92 Å². The molecule has 138 valence electrons. The number of nitrogens with one attached hydrogen (secondary N) is 2. The Kier molecular flexibility index (Phi) is 5.17. The number of carbonyl (C=O) groups excluding carboxylic acids is 1. The van der Waals surface area contributed by atoms with Gasteiger partial charge in [-0.25, -0.2) is 4.68 Å². The van der Waals surface area contributed by atoms with Gasteiger partial charge in [-0.2, -0.15) is 5.10 Å². The summed E-state index contributed by atoms with van der Waals surface area (Å²) in [4.78, 5) is 22.9. The van der Waals surface area contributed by atoms with Gasteiger partial charge in [0.15, 0.2) is 0 Å². The highest BCUT2D eigenvalue weighted by Crippen LogP contribution is 2.27. The molecule has 2 aromatic rings. The van der Waals surface area contributed by atoms with E-state index in [0.29, 0.717) is 30.4 Å². The Balaban J connectivity index is 1.68. The molecule has 1 aliphatic rings. The van der Waals surface area contributed by atoms with Crippen molar-refractivity contribution in [1.29, 1.82) is 0 Å². The van der Waals surface area contributed by atoms with Crippen molar-refractivity contribution < 1.29 is 14.5 Å². The number of rotatable bonds is 6. The van der Waals surface area contributed by atoms with Crippen LogP contribution in [0.2, 0.25) is 0 Å². The molecule has 1 atom stereocenters. The molecule has 0 spiro atoms. The summed E-state index contributed by atoms with van der Waals surface area (Å²) in [6.45, 7) is 2.58. The average molecular weight is 359 g/mol. The molecular weight excluding hydrogens is 338 g/mol. The minimum Gasteiger partial charge on any atom is -0.368 e. The molecule has 1 fully saturated rings. The summed E-state index contributed by atoms with van der Waals surface area (Å²) in [7, 11) is 1.65. The topological polar surface area (TPSA) is 111 Å². The van der Waals surface area contributed by atoms with E-state index in [9.17, 15) is 14.9 Å². The zero-order chi connectivity index (χ0) is 18.7. The summed E-state index contributed by atoms with van der Waals surface area (Å²) in [6, 6.07) is 7.33. The first-order valence-corrected chi connectivity index (χ1v) is 8.39. The van der Waals surface area contributed by atoms with Crippen molar-refractivity contribution in [3.63, 3.8) is 0 Å². The number of nitro groups is 1. The van der Waals surface area contributed by atoms with E-state index in [2.05, 4.69) is 15.7 Å². The van der Waals surface area contributed by atoms with Crippen LogP contribution in [0.15, 0.2) is 24.3 Å². The first-order chi connectivity index (χ1) is 12.5. The lowest BCUT2D eigenvalue weighted by Crippen LogP contribution is -2.26. The average Bonchev–Trinajstić information content (AvgIpc) is 3.21. The molecular formula is C17H21N5O4. The fraction of sp³-hybridized carbons (Fsp3) is 0.412. The first-order valence-electron chi connectivity index (χ1n) is 8.39. The lowest BCUT2D eigenvalue weighted by molar-refractivity contribution is -0.384. The largest absolute Gasteiger partial charge is 0.368 e. The molecule has 0 unspecified atom stereocenters. The third-order valence-corrected chi connectivity index (χ3v) is 4.25. The maximum atomic E-state index is 12.1. The minimum atomic E-state index is -0.442. The predicted octanol–water partition coefficient (Wildman–Crippen LogP) is 2.37. The van der Waals surface area contributed by atoms with Crippen molar-refractivity contribution in [1.82, 2.24) is 9.78 Å². The number of benzene rings is 1. The number of hydrogen-bond donors (Lipinski definition) is 2. The highest BCUT2D eigenvalue weighted by molar-refractivity contribution is 5.94. The Bertz CT molecular complexity index is 827. The van der Waals surface area contributed by atoms with Crippen LogP contribution in [0, 0.1) is 17.0 Å². The Hall–Kier alpha value is -2.94. The van der Waals surface area contributed by atoms with Crippen LogP contribution in [-0.4, -0.2) is 33.3 Å². The summed E-state index contributed by atoms with van der Waals surface area (Å²) in [6.07, 6.45) is 1.23. The molecule has 0 bridgehead atoms. The molecule has 1 saturated heterocycles. The van der Waals surface area contributed by atoms with E-state index in [1.54, 1.807) is 20.0 Å². The van der Waals surface area contributed by atoms with Gasteiger partial charge in [0.2, 0.25) is 5.82 Å². The fourth-order valence-corrected chi connectivity index (χ4v) is 3.02. The van der Waals surface area contributed by atoms with E-state index in [1.807, 2.05) is 18.2 Å². The number of ether oxygens (including phenoxy) is 1. The van der Waals surface area contributed by atoms with Crippen LogP contribution >= 0.6 is 0 Å². The standard InChI is InChI=1S/C17H21N5O4/c1-11-15(22(24)25)16(21(2)20-11)18-10-12-5-3-6-13(9-12)19-17(23)14-7-4-8-26-14/h3,5-6,9,14,18H,4,7-8,10H2,1-2H3,(H,19,23)/t14-/m0/s1. The fourth-order valence-electron chi connectivity index (χ4n) is 3.02. The van der Waals surface area contributed by atoms with Crippen LogP contribution in [-0.2, 0) is 23.1 Å². The van der Waals surface area contributed by atoms with Crippen molar-refractivity contribution in [2.24, 2.45) is 7.05 Å². The smallest absolute Gasteiger partial charge is 0.333 e. The zero-order valence-electron chi connectivity index (χ0n) is 14.7. The third-order valence-electron chi connectivity index (χ3n) is 4.25. The third kappa shape index (κ3) is 3.83. The van der Waals surface area contributed by atoms with Crippen molar-refractivity contribution >= 4 is 23.1 Å². The Labute approximate surface area is 150 Å². The van der Waals surface area contributed by atoms with Crippen molar-refractivity contribution in [2.75, 3.05) is 17.2 Å². The van der Waals surface area contributed by atoms with Crippen LogP contribution in [0.5, 0.6) is 0 Å². The maximum Gasteiger partial charge on any atom is 0.333 e. The Morgan fingerprint density at radius 3 is 3.00 bits per heavy atom. The van der Waals surface area contributed by atoms with Gasteiger partial charge in [-0.3, -0.25) is 14.9 Å². The number of anilines is 2. The predicted molar refractivity (Wildman–Crippen MR) is 96.0 cm³/mol. The van der Waals surface area contributed by atoms with E-state index in [0.717, 1.165) is 18.4 Å². The van der Waals surface area contributed by atoms with E-state index >= 15 is 0 Å². The van der Waals surface area contributed by atoms with Crippen LogP contribution in [0.4, 0.5) is 17.2 Å². The second kappa shape index (κ2) is 7.52. The molecule has 2 heterocycles. The van der Waals surface area contributed by atoms with Crippen molar-refractivity contribution in [3.8, 4) is 0 Å². The van der Waals surface area contributed by atoms with Gasteiger partial charge < -0.3 is 15.4 Å². The van der Waals surface area contributed by atoms with Crippen LogP contribution in [0.25, 0.3) is 0 Å². The molecule has 9 heteroatoms. The highest BCUT2D eigenvalue weighted by atomic mass is 16.6. The highest BCUT2D eigenvalue weighted by Gasteiger charge is 2.24. The molecule has 26 heavy (non-hydrogen) atoms. The van der Waals surface area contributed by atoms with Crippen LogP contribution < -0.4 is 10.6 Å². The van der Waals surface area contributed by atoms with E-state index in [-0.39, 0.29) is 11.6 Å². The Morgan fingerprint density at radius 2 is 2.31 bits per heavy atom. The molecule has 0 aliphatic carbocycles. The molecule has 1 amide bonds. The number of hydrogen-bond acceptors (Lipinski definition) is 6. The molecule has 1 aromatic heterocycles. The van der Waals surface area contributed by atoms with Gasteiger partial charge in [0, 0.05) is 25.9 Å². The van der Waals surface area contributed by atoms with Gasteiger partial charge in [-0.05, 0) is 37.5 Å². The summed E-state index contributed by atoms with van der Waals surface area (Å²) >= 11 is 0. The quantitative estimate of drug-likeness (QED) is 0.605. The van der Waals surface area contributed by atoms with Crippen LogP contribution in [0.3, 0.4) is 0 Å². The molecule has 0 radical (unpaired) electrons. The SMILES string of the molecule is Cc1nn(C)c(NCc2cccc(NC(=O)[C@@H]3CCCO3)c2)c1[N+](=O)[O-]. The number of aryl methyl sites for hydroxylation is 2. The van der Waals surface area contributed by atoms with E-state index < -0.39 is 11.0 Å². The number of aromatic nitrogens is 2. The van der Waals surface area contributed by atoms with Gasteiger partial charge in [0.1, 0.15) is 11.8 Å². The molecule has 1 aromatic carbocycles. The summed E-state index contributed by atoms with van der Waals surface area (Å²) < 4.78 is 6.83.